The predicted molar refractivity (Wildman–Crippen MR) is 76.8 cm³/mol. The van der Waals surface area contributed by atoms with Crippen LogP contribution in [0.5, 0.6) is 0 Å². The van der Waals surface area contributed by atoms with Crippen molar-refractivity contribution >= 4 is 10.9 Å². The van der Waals surface area contributed by atoms with Crippen molar-refractivity contribution in [2.45, 2.75) is 44.6 Å². The third kappa shape index (κ3) is 2.05. The van der Waals surface area contributed by atoms with Gasteiger partial charge in [0, 0.05) is 12.2 Å². The van der Waals surface area contributed by atoms with Crippen molar-refractivity contribution in [2.24, 2.45) is 5.73 Å². The quantitative estimate of drug-likeness (QED) is 0.871. The molecular weight excluding hydrogens is 220 g/mol. The largest absolute Gasteiger partial charge is 0.344 e. The maximum atomic E-state index is 5.65. The summed E-state index contributed by atoms with van der Waals surface area (Å²) in [5, 5.41) is 1.39. The van der Waals surface area contributed by atoms with E-state index in [0.29, 0.717) is 0 Å². The number of nitrogens with two attached hydrogens (primary N) is 1. The minimum Gasteiger partial charge on any atom is -0.344 e. The fourth-order valence-corrected chi connectivity index (χ4v) is 3.28. The number of hydrogen-bond donors (Lipinski definition) is 1. The van der Waals surface area contributed by atoms with Gasteiger partial charge in [0.05, 0.1) is 5.52 Å². The lowest BCUT2D eigenvalue weighted by Gasteiger charge is -2.16. The van der Waals surface area contributed by atoms with Gasteiger partial charge in [0.2, 0.25) is 0 Å². The van der Waals surface area contributed by atoms with Gasteiger partial charge in [-0.05, 0) is 49.2 Å². The number of hydrogen-bond acceptors (Lipinski definition) is 1. The van der Waals surface area contributed by atoms with Gasteiger partial charge >= 0.3 is 0 Å². The van der Waals surface area contributed by atoms with E-state index in [1.807, 2.05) is 0 Å². The fourth-order valence-electron chi connectivity index (χ4n) is 3.28. The van der Waals surface area contributed by atoms with Gasteiger partial charge in [-0.1, -0.05) is 31.0 Å². The van der Waals surface area contributed by atoms with Crippen LogP contribution < -0.4 is 5.73 Å². The van der Waals surface area contributed by atoms with E-state index < -0.39 is 0 Å². The summed E-state index contributed by atoms with van der Waals surface area (Å²) in [6.07, 6.45) is 9.92. The van der Waals surface area contributed by atoms with Crippen LogP contribution in [-0.4, -0.2) is 11.1 Å². The first kappa shape index (κ1) is 11.8. The molecule has 0 aliphatic heterocycles. The molecule has 1 aliphatic carbocycles. The van der Waals surface area contributed by atoms with Crippen molar-refractivity contribution in [2.75, 3.05) is 6.54 Å². The zero-order valence-electron chi connectivity index (χ0n) is 10.9. The van der Waals surface area contributed by atoms with E-state index in [2.05, 4.69) is 35.0 Å². The highest BCUT2D eigenvalue weighted by Gasteiger charge is 2.19. The summed E-state index contributed by atoms with van der Waals surface area (Å²) >= 11 is 0. The van der Waals surface area contributed by atoms with E-state index in [1.165, 1.54) is 42.1 Å². The predicted octanol–water partition coefficient (Wildman–Crippen LogP) is 3.65. The maximum absolute atomic E-state index is 5.65. The summed E-state index contributed by atoms with van der Waals surface area (Å²) in [4.78, 5) is 0. The molecule has 1 fully saturated rings. The highest BCUT2D eigenvalue weighted by molar-refractivity contribution is 5.83. The second-order valence-electron chi connectivity index (χ2n) is 5.41. The van der Waals surface area contributed by atoms with Gasteiger partial charge in [0.25, 0.3) is 0 Å². The number of aryl methyl sites for hydroxylation is 1. The Hall–Kier alpha value is -1.28. The monoisotopic (exact) mass is 242 g/mol. The Morgan fingerprint density at radius 3 is 2.78 bits per heavy atom. The minimum absolute atomic E-state index is 0.724. The summed E-state index contributed by atoms with van der Waals surface area (Å²) in [6.45, 7) is 0.778. The van der Waals surface area contributed by atoms with Gasteiger partial charge in [-0.3, -0.25) is 0 Å². The molecule has 0 atom stereocenters. The third-order valence-electron chi connectivity index (χ3n) is 4.19. The molecule has 2 heteroatoms. The highest BCUT2D eigenvalue weighted by atomic mass is 15.0. The molecule has 96 valence electrons. The van der Waals surface area contributed by atoms with Crippen molar-refractivity contribution in [3.05, 3.63) is 36.0 Å². The van der Waals surface area contributed by atoms with E-state index in [9.17, 15) is 0 Å². The van der Waals surface area contributed by atoms with Crippen LogP contribution in [0.4, 0.5) is 0 Å². The molecule has 1 aromatic heterocycles. The summed E-state index contributed by atoms with van der Waals surface area (Å²) in [6, 6.07) is 9.66. The second-order valence-corrected chi connectivity index (χ2v) is 5.41. The number of fused-ring (bicyclic) bond motifs is 1. The molecule has 0 saturated heterocycles. The summed E-state index contributed by atoms with van der Waals surface area (Å²) in [7, 11) is 0. The van der Waals surface area contributed by atoms with Gasteiger partial charge in [-0.15, -0.1) is 0 Å². The van der Waals surface area contributed by atoms with Crippen LogP contribution in [0.15, 0.2) is 30.5 Å². The Balaban J connectivity index is 2.03. The van der Waals surface area contributed by atoms with Crippen molar-refractivity contribution in [3.8, 4) is 0 Å². The Kier molecular flexibility index (Phi) is 3.37. The highest BCUT2D eigenvalue weighted by Crippen LogP contribution is 2.34. The smallest absolute Gasteiger partial charge is 0.0515 e. The lowest BCUT2D eigenvalue weighted by atomic mass is 10.1. The maximum Gasteiger partial charge on any atom is 0.0515 e. The first-order valence-corrected chi connectivity index (χ1v) is 7.18. The molecule has 3 rings (SSSR count). The Morgan fingerprint density at radius 2 is 2.00 bits per heavy atom. The van der Waals surface area contributed by atoms with Crippen molar-refractivity contribution in [1.29, 1.82) is 0 Å². The number of aromatic nitrogens is 1. The molecule has 2 nitrogen and oxygen atoms in total. The molecule has 0 unspecified atom stereocenters. The third-order valence-corrected chi connectivity index (χ3v) is 4.19. The van der Waals surface area contributed by atoms with Crippen LogP contribution in [-0.2, 0) is 6.42 Å². The minimum atomic E-state index is 0.724. The SMILES string of the molecule is NCCCc1cccc2ccn(C3CCCC3)c12. The average molecular weight is 242 g/mol. The molecule has 0 spiro atoms. The topological polar surface area (TPSA) is 30.9 Å². The van der Waals surface area contributed by atoms with Crippen molar-refractivity contribution in [1.82, 2.24) is 4.57 Å². The lowest BCUT2D eigenvalue weighted by molar-refractivity contribution is 0.534. The second kappa shape index (κ2) is 5.15. The van der Waals surface area contributed by atoms with E-state index >= 15 is 0 Å². The van der Waals surface area contributed by atoms with Gasteiger partial charge in [-0.25, -0.2) is 0 Å². The standard InChI is InChI=1S/C16H22N2/c17-11-4-7-13-5-3-6-14-10-12-18(16(13)14)15-8-1-2-9-15/h3,5-6,10,12,15H,1-2,4,7-9,11,17H2. The molecule has 1 heterocycles. The van der Waals surface area contributed by atoms with Crippen LogP contribution in [0.1, 0.15) is 43.7 Å². The molecule has 18 heavy (non-hydrogen) atoms. The van der Waals surface area contributed by atoms with Crippen LogP contribution in [0.3, 0.4) is 0 Å². The molecule has 1 aliphatic rings. The molecule has 1 saturated carbocycles. The van der Waals surface area contributed by atoms with Gasteiger partial charge in [0.1, 0.15) is 0 Å². The van der Waals surface area contributed by atoms with Gasteiger partial charge < -0.3 is 10.3 Å². The zero-order chi connectivity index (χ0) is 12.4. The first-order chi connectivity index (χ1) is 8.90. The van der Waals surface area contributed by atoms with Crippen LogP contribution in [0, 0.1) is 0 Å². The summed E-state index contributed by atoms with van der Waals surface area (Å²) in [5.74, 6) is 0. The van der Waals surface area contributed by atoms with E-state index in [-0.39, 0.29) is 0 Å². The summed E-state index contributed by atoms with van der Waals surface area (Å²) < 4.78 is 2.52. The lowest BCUT2D eigenvalue weighted by Crippen LogP contribution is -2.06. The molecular formula is C16H22N2. The number of nitrogens with zero attached hydrogens (tertiary/aromatic N) is 1. The normalized spacial score (nSPS) is 16.7. The average Bonchev–Trinajstić information content (AvgIpc) is 3.04. The van der Waals surface area contributed by atoms with E-state index in [0.717, 1.165) is 25.4 Å². The molecule has 2 aromatic rings. The van der Waals surface area contributed by atoms with Crippen LogP contribution in [0.2, 0.25) is 0 Å². The van der Waals surface area contributed by atoms with E-state index in [1.54, 1.807) is 0 Å². The van der Waals surface area contributed by atoms with Crippen molar-refractivity contribution in [3.63, 3.8) is 0 Å². The number of para-hydroxylation sites is 1. The molecule has 2 N–H and O–H groups in total. The molecule has 0 amide bonds. The molecule has 1 aromatic carbocycles. The van der Waals surface area contributed by atoms with Gasteiger partial charge in [-0.2, -0.15) is 0 Å². The van der Waals surface area contributed by atoms with Crippen LogP contribution in [0.25, 0.3) is 10.9 Å². The Labute approximate surface area is 109 Å². The molecule has 0 radical (unpaired) electrons. The zero-order valence-corrected chi connectivity index (χ0v) is 10.9. The number of benzene rings is 1. The van der Waals surface area contributed by atoms with Crippen LogP contribution >= 0.6 is 0 Å². The van der Waals surface area contributed by atoms with Crippen molar-refractivity contribution < 1.29 is 0 Å². The number of rotatable bonds is 4. The summed E-state index contributed by atoms with van der Waals surface area (Å²) in [5.41, 5.74) is 8.57. The van der Waals surface area contributed by atoms with Gasteiger partial charge in [0.15, 0.2) is 0 Å². The Bertz CT molecular complexity index is 521. The van der Waals surface area contributed by atoms with E-state index in [4.69, 9.17) is 5.73 Å². The fraction of sp³-hybridized carbons (Fsp3) is 0.500. The Morgan fingerprint density at radius 1 is 1.17 bits per heavy atom. The first-order valence-electron chi connectivity index (χ1n) is 7.18. The molecule has 0 bridgehead atoms.